The summed E-state index contributed by atoms with van der Waals surface area (Å²) in [5, 5.41) is 0. The van der Waals surface area contributed by atoms with E-state index in [0.717, 1.165) is 0 Å². The Labute approximate surface area is 72.2 Å². The molecule has 68 valence electrons. The van der Waals surface area contributed by atoms with Crippen LogP contribution in [0.25, 0.3) is 0 Å². The van der Waals surface area contributed by atoms with E-state index in [1.165, 1.54) is 18.2 Å². The normalized spacial score (nSPS) is 8.75. The topological polar surface area (TPSA) is 0 Å². The Bertz CT molecular complexity index is 211. The van der Waals surface area contributed by atoms with E-state index >= 15 is 0 Å². The zero-order chi connectivity index (χ0) is 9.56. The van der Waals surface area contributed by atoms with Crippen molar-refractivity contribution in [3.63, 3.8) is 0 Å². The highest BCUT2D eigenvalue weighted by atomic mass is 19.1. The van der Waals surface area contributed by atoms with Gasteiger partial charge in [-0.2, -0.15) is 0 Å². The Hall–Kier alpha value is -0.920. The second-order valence-corrected chi connectivity index (χ2v) is 2.05. The van der Waals surface area contributed by atoms with Crippen molar-refractivity contribution in [2.75, 3.05) is 0 Å². The maximum atomic E-state index is 12.6. The molecule has 2 heteroatoms. The van der Waals surface area contributed by atoms with Gasteiger partial charge in [0.2, 0.25) is 0 Å². The van der Waals surface area contributed by atoms with E-state index in [9.17, 15) is 8.78 Å². The molecule has 0 unspecified atom stereocenters. The van der Waals surface area contributed by atoms with Crippen molar-refractivity contribution in [1.82, 2.24) is 0 Å². The van der Waals surface area contributed by atoms with Gasteiger partial charge in [-0.25, -0.2) is 8.78 Å². The van der Waals surface area contributed by atoms with Crippen LogP contribution < -0.4 is 0 Å². The molecule has 0 nitrogen and oxygen atoms in total. The van der Waals surface area contributed by atoms with Gasteiger partial charge in [-0.1, -0.05) is 26.8 Å². The van der Waals surface area contributed by atoms with Gasteiger partial charge in [0.1, 0.15) is 11.6 Å². The maximum Gasteiger partial charge on any atom is 0.129 e. The molecule has 0 N–H and O–H groups in total. The van der Waals surface area contributed by atoms with E-state index in [1.54, 1.807) is 6.92 Å². The molecule has 1 rings (SSSR count). The molecule has 0 spiro atoms. The standard InChI is InChI=1S/C8H8F2.C2H6/c1-2-6-7(9)4-3-5-8(6)10;1-2/h3-5H,2H2,1H3;1-2H3. The Morgan fingerprint density at radius 1 is 1.08 bits per heavy atom. The molecule has 0 aliphatic rings. The van der Waals surface area contributed by atoms with Crippen molar-refractivity contribution in [2.24, 2.45) is 0 Å². The molecule has 12 heavy (non-hydrogen) atoms. The summed E-state index contributed by atoms with van der Waals surface area (Å²) in [5.74, 6) is -0.912. The van der Waals surface area contributed by atoms with Gasteiger partial charge in [-0.05, 0) is 18.6 Å². The largest absolute Gasteiger partial charge is 0.207 e. The first-order valence-electron chi connectivity index (χ1n) is 4.18. The Morgan fingerprint density at radius 3 is 1.75 bits per heavy atom. The van der Waals surface area contributed by atoms with Crippen LogP contribution in [-0.4, -0.2) is 0 Å². The van der Waals surface area contributed by atoms with Gasteiger partial charge in [-0.15, -0.1) is 0 Å². The van der Waals surface area contributed by atoms with E-state index in [0.29, 0.717) is 6.42 Å². The molecule has 0 aliphatic heterocycles. The summed E-state index contributed by atoms with van der Waals surface area (Å²) >= 11 is 0. The first-order chi connectivity index (χ1) is 5.75. The summed E-state index contributed by atoms with van der Waals surface area (Å²) < 4.78 is 25.2. The number of hydrogen-bond donors (Lipinski definition) is 0. The van der Waals surface area contributed by atoms with E-state index in [2.05, 4.69) is 0 Å². The number of benzene rings is 1. The smallest absolute Gasteiger partial charge is 0.129 e. The van der Waals surface area contributed by atoms with Crippen molar-refractivity contribution < 1.29 is 8.78 Å². The molecule has 0 saturated carbocycles. The van der Waals surface area contributed by atoms with Crippen molar-refractivity contribution in [3.8, 4) is 0 Å². The second kappa shape index (κ2) is 5.70. The zero-order valence-electron chi connectivity index (χ0n) is 7.70. The van der Waals surface area contributed by atoms with Crippen molar-refractivity contribution in [1.29, 1.82) is 0 Å². The van der Waals surface area contributed by atoms with Gasteiger partial charge in [0.25, 0.3) is 0 Å². The van der Waals surface area contributed by atoms with Gasteiger partial charge in [-0.3, -0.25) is 0 Å². The van der Waals surface area contributed by atoms with Crippen molar-refractivity contribution in [3.05, 3.63) is 35.4 Å². The number of hydrogen-bond acceptors (Lipinski definition) is 0. The highest BCUT2D eigenvalue weighted by Gasteiger charge is 2.03. The average Bonchev–Trinajstić information content (AvgIpc) is 2.08. The molecule has 0 atom stereocenters. The minimum absolute atomic E-state index is 0.169. The molecule has 0 amide bonds. The van der Waals surface area contributed by atoms with Crippen LogP contribution in [0.5, 0.6) is 0 Å². The van der Waals surface area contributed by atoms with E-state index < -0.39 is 11.6 Å². The van der Waals surface area contributed by atoms with Gasteiger partial charge in [0.15, 0.2) is 0 Å². The van der Waals surface area contributed by atoms with Gasteiger partial charge >= 0.3 is 0 Å². The third-order valence-electron chi connectivity index (χ3n) is 1.42. The minimum atomic E-state index is -0.456. The first kappa shape index (κ1) is 11.1. The van der Waals surface area contributed by atoms with Gasteiger partial charge < -0.3 is 0 Å². The highest BCUT2D eigenvalue weighted by molar-refractivity contribution is 5.19. The lowest BCUT2D eigenvalue weighted by molar-refractivity contribution is 0.559. The molecule has 0 aliphatic carbocycles. The van der Waals surface area contributed by atoms with Crippen LogP contribution in [0.4, 0.5) is 8.78 Å². The number of halogens is 2. The van der Waals surface area contributed by atoms with Crippen LogP contribution in [0.15, 0.2) is 18.2 Å². The lowest BCUT2D eigenvalue weighted by Crippen LogP contribution is -1.91. The highest BCUT2D eigenvalue weighted by Crippen LogP contribution is 2.11. The van der Waals surface area contributed by atoms with Gasteiger partial charge in [0.05, 0.1) is 0 Å². The van der Waals surface area contributed by atoms with Crippen LogP contribution in [-0.2, 0) is 6.42 Å². The molecule has 0 radical (unpaired) electrons. The van der Waals surface area contributed by atoms with E-state index in [-0.39, 0.29) is 5.56 Å². The lowest BCUT2D eigenvalue weighted by Gasteiger charge is -1.98. The molecular formula is C10H14F2. The van der Waals surface area contributed by atoms with Crippen molar-refractivity contribution >= 4 is 0 Å². The molecule has 0 heterocycles. The summed E-state index contributed by atoms with van der Waals surface area (Å²) in [6, 6.07) is 3.90. The third-order valence-corrected chi connectivity index (χ3v) is 1.42. The monoisotopic (exact) mass is 172 g/mol. The maximum absolute atomic E-state index is 12.6. The van der Waals surface area contributed by atoms with Crippen molar-refractivity contribution in [2.45, 2.75) is 27.2 Å². The molecule has 1 aromatic carbocycles. The Balaban J connectivity index is 0.000000561. The summed E-state index contributed by atoms with van der Waals surface area (Å²) in [6.07, 6.45) is 0.401. The predicted octanol–water partition coefficient (Wildman–Crippen LogP) is 3.55. The van der Waals surface area contributed by atoms with Crippen LogP contribution in [0.1, 0.15) is 26.3 Å². The molecule has 0 bridgehead atoms. The quantitative estimate of drug-likeness (QED) is 0.607. The fourth-order valence-electron chi connectivity index (χ4n) is 0.870. The average molecular weight is 172 g/mol. The first-order valence-corrected chi connectivity index (χ1v) is 4.18. The predicted molar refractivity (Wildman–Crippen MR) is 47.1 cm³/mol. The number of rotatable bonds is 1. The third kappa shape index (κ3) is 2.61. The molecule has 0 fully saturated rings. The fourth-order valence-corrected chi connectivity index (χ4v) is 0.870. The molecule has 1 aromatic rings. The summed E-state index contributed by atoms with van der Waals surface area (Å²) in [7, 11) is 0. The fraction of sp³-hybridized carbons (Fsp3) is 0.400. The van der Waals surface area contributed by atoms with Crippen LogP contribution in [0, 0.1) is 11.6 Å². The molecular weight excluding hydrogens is 158 g/mol. The second-order valence-electron chi connectivity index (χ2n) is 2.05. The summed E-state index contributed by atoms with van der Waals surface area (Å²) in [5.41, 5.74) is 0.169. The molecule has 0 saturated heterocycles. The lowest BCUT2D eigenvalue weighted by atomic mass is 10.1. The van der Waals surface area contributed by atoms with Gasteiger partial charge in [0, 0.05) is 5.56 Å². The zero-order valence-corrected chi connectivity index (χ0v) is 7.70. The summed E-state index contributed by atoms with van der Waals surface area (Å²) in [6.45, 7) is 5.72. The SMILES string of the molecule is CC.CCc1c(F)cccc1F. The Kier molecular flexibility index (Phi) is 5.26. The van der Waals surface area contributed by atoms with E-state index in [4.69, 9.17) is 0 Å². The Morgan fingerprint density at radius 2 is 1.50 bits per heavy atom. The van der Waals surface area contributed by atoms with Crippen LogP contribution in [0.2, 0.25) is 0 Å². The molecule has 0 aromatic heterocycles. The van der Waals surface area contributed by atoms with E-state index in [1.807, 2.05) is 13.8 Å². The minimum Gasteiger partial charge on any atom is -0.207 e. The van der Waals surface area contributed by atoms with Crippen LogP contribution >= 0.6 is 0 Å². The van der Waals surface area contributed by atoms with Crippen LogP contribution in [0.3, 0.4) is 0 Å². The summed E-state index contributed by atoms with van der Waals surface area (Å²) in [4.78, 5) is 0.